The van der Waals surface area contributed by atoms with Gasteiger partial charge in [0, 0.05) is 5.92 Å². The van der Waals surface area contributed by atoms with Gasteiger partial charge >= 0.3 is 5.97 Å². The molecule has 0 aromatic heterocycles. The van der Waals surface area contributed by atoms with E-state index < -0.39 is 6.10 Å². The molecule has 2 fully saturated rings. The average molecular weight is 172 g/mol. The number of carbonyl (C=O) groups excluding carboxylic acids is 1. The van der Waals surface area contributed by atoms with Crippen LogP contribution in [-0.2, 0) is 14.3 Å². The largest absolute Gasteiger partial charge is 0.466 e. The van der Waals surface area contributed by atoms with Crippen LogP contribution in [0.5, 0.6) is 0 Å². The Morgan fingerprint density at radius 1 is 1.75 bits per heavy atom. The van der Waals surface area contributed by atoms with Crippen LogP contribution < -0.4 is 0 Å². The van der Waals surface area contributed by atoms with Gasteiger partial charge < -0.3 is 14.6 Å². The molecule has 1 saturated heterocycles. The third kappa shape index (κ3) is 1.03. The number of hydrogen-bond acceptors (Lipinski definition) is 4. The lowest BCUT2D eigenvalue weighted by molar-refractivity contribution is -0.147. The van der Waals surface area contributed by atoms with Crippen LogP contribution in [0, 0.1) is 11.8 Å². The molecule has 4 heteroatoms. The number of esters is 1. The third-order valence-electron chi connectivity index (χ3n) is 2.47. The second-order valence-corrected chi connectivity index (χ2v) is 3.22. The van der Waals surface area contributed by atoms with E-state index >= 15 is 0 Å². The molecule has 1 N–H and O–H groups in total. The average Bonchev–Trinajstić information content (AvgIpc) is 2.65. The summed E-state index contributed by atoms with van der Waals surface area (Å²) < 4.78 is 9.99. The van der Waals surface area contributed by atoms with Gasteiger partial charge in [0.1, 0.15) is 0 Å². The molecule has 1 saturated carbocycles. The molecule has 0 aromatic rings. The highest BCUT2D eigenvalue weighted by molar-refractivity contribution is 5.77. The van der Waals surface area contributed by atoms with E-state index in [-0.39, 0.29) is 23.9 Å². The van der Waals surface area contributed by atoms with Crippen molar-refractivity contribution < 1.29 is 19.4 Å². The maximum Gasteiger partial charge on any atom is 0.312 e. The van der Waals surface area contributed by atoms with Crippen molar-refractivity contribution in [2.24, 2.45) is 11.8 Å². The van der Waals surface area contributed by atoms with Crippen LogP contribution in [-0.4, -0.2) is 36.5 Å². The molecule has 2 rings (SSSR count). The summed E-state index contributed by atoms with van der Waals surface area (Å²) in [6.45, 7) is 2.53. The minimum Gasteiger partial charge on any atom is -0.466 e. The standard InChI is InChI=1S/C8H12O4/c1-2-11-8(10)6-5-4(9)3-12-7(5)6/h4-7,9H,2-3H2,1H3/t4-,5+,6+,7+/m1/s1. The Morgan fingerprint density at radius 3 is 3.00 bits per heavy atom. The minimum absolute atomic E-state index is 0.00375. The summed E-state index contributed by atoms with van der Waals surface area (Å²) >= 11 is 0. The summed E-state index contributed by atoms with van der Waals surface area (Å²) in [4.78, 5) is 11.2. The fourth-order valence-corrected chi connectivity index (χ4v) is 1.83. The molecule has 0 aromatic carbocycles. The molecule has 0 unspecified atom stereocenters. The lowest BCUT2D eigenvalue weighted by Gasteiger charge is -2.06. The van der Waals surface area contributed by atoms with E-state index in [1.165, 1.54) is 0 Å². The topological polar surface area (TPSA) is 55.8 Å². The molecular formula is C8H12O4. The summed E-state index contributed by atoms with van der Waals surface area (Å²) in [6, 6.07) is 0. The smallest absolute Gasteiger partial charge is 0.312 e. The van der Waals surface area contributed by atoms with E-state index in [1.807, 2.05) is 0 Å². The minimum atomic E-state index is -0.468. The first-order valence-electron chi connectivity index (χ1n) is 4.22. The monoisotopic (exact) mass is 172 g/mol. The Hall–Kier alpha value is -0.610. The van der Waals surface area contributed by atoms with E-state index in [0.29, 0.717) is 13.2 Å². The molecular weight excluding hydrogens is 160 g/mol. The van der Waals surface area contributed by atoms with E-state index in [2.05, 4.69) is 0 Å². The van der Waals surface area contributed by atoms with Crippen LogP contribution in [0.1, 0.15) is 6.92 Å². The van der Waals surface area contributed by atoms with E-state index in [1.54, 1.807) is 6.92 Å². The van der Waals surface area contributed by atoms with Crippen molar-refractivity contribution >= 4 is 5.97 Å². The van der Waals surface area contributed by atoms with Gasteiger partial charge in [-0.15, -0.1) is 0 Å². The molecule has 1 aliphatic carbocycles. The molecule has 68 valence electrons. The zero-order valence-corrected chi connectivity index (χ0v) is 6.90. The Labute approximate surface area is 70.5 Å². The summed E-state index contributed by atoms with van der Waals surface area (Å²) in [5, 5.41) is 9.29. The van der Waals surface area contributed by atoms with Gasteiger partial charge in [0.05, 0.1) is 31.3 Å². The van der Waals surface area contributed by atoms with Crippen LogP contribution in [0.15, 0.2) is 0 Å². The van der Waals surface area contributed by atoms with Crippen molar-refractivity contribution in [1.82, 2.24) is 0 Å². The van der Waals surface area contributed by atoms with Crippen molar-refractivity contribution in [3.8, 4) is 0 Å². The van der Waals surface area contributed by atoms with E-state index in [9.17, 15) is 9.90 Å². The summed E-state index contributed by atoms with van der Waals surface area (Å²) in [5.41, 5.74) is 0. The first-order valence-corrected chi connectivity index (χ1v) is 4.22. The quantitative estimate of drug-likeness (QED) is 0.573. The van der Waals surface area contributed by atoms with Gasteiger partial charge in [-0.2, -0.15) is 0 Å². The van der Waals surface area contributed by atoms with Crippen molar-refractivity contribution in [2.45, 2.75) is 19.1 Å². The van der Waals surface area contributed by atoms with E-state index in [0.717, 1.165) is 0 Å². The number of rotatable bonds is 2. The number of hydrogen-bond donors (Lipinski definition) is 1. The fourth-order valence-electron chi connectivity index (χ4n) is 1.83. The zero-order valence-electron chi connectivity index (χ0n) is 6.90. The third-order valence-corrected chi connectivity index (χ3v) is 2.47. The second kappa shape index (κ2) is 2.71. The van der Waals surface area contributed by atoms with Gasteiger partial charge in [0.2, 0.25) is 0 Å². The zero-order chi connectivity index (χ0) is 8.72. The SMILES string of the molecule is CCOC(=O)[C@@H]1[C@H]2OC[C@@H](O)[C@H]21. The van der Waals surface area contributed by atoms with Crippen LogP contribution in [0.4, 0.5) is 0 Å². The highest BCUT2D eigenvalue weighted by Crippen LogP contribution is 2.49. The number of fused-ring (bicyclic) bond motifs is 1. The van der Waals surface area contributed by atoms with Gasteiger partial charge in [-0.1, -0.05) is 0 Å². The lowest BCUT2D eigenvalue weighted by atomic mass is 10.2. The number of aliphatic hydroxyl groups is 1. The number of ether oxygens (including phenoxy) is 2. The van der Waals surface area contributed by atoms with E-state index in [4.69, 9.17) is 9.47 Å². The van der Waals surface area contributed by atoms with Crippen LogP contribution >= 0.6 is 0 Å². The number of aliphatic hydroxyl groups excluding tert-OH is 1. The van der Waals surface area contributed by atoms with Gasteiger partial charge in [0.25, 0.3) is 0 Å². The molecule has 2 aliphatic rings. The van der Waals surface area contributed by atoms with Gasteiger partial charge in [-0.25, -0.2) is 0 Å². The van der Waals surface area contributed by atoms with Crippen LogP contribution in [0.2, 0.25) is 0 Å². The van der Waals surface area contributed by atoms with Crippen molar-refractivity contribution in [3.63, 3.8) is 0 Å². The molecule has 0 spiro atoms. The van der Waals surface area contributed by atoms with Gasteiger partial charge in [-0.3, -0.25) is 4.79 Å². The lowest BCUT2D eigenvalue weighted by Crippen LogP contribution is -2.19. The maximum absolute atomic E-state index is 11.2. The maximum atomic E-state index is 11.2. The predicted octanol–water partition coefficient (Wildman–Crippen LogP) is -0.445. The molecule has 0 bridgehead atoms. The fraction of sp³-hybridized carbons (Fsp3) is 0.875. The summed E-state index contributed by atoms with van der Waals surface area (Å²) in [5.74, 6) is -0.427. The molecule has 12 heavy (non-hydrogen) atoms. The van der Waals surface area contributed by atoms with Gasteiger partial charge in [0.15, 0.2) is 0 Å². The highest BCUT2D eigenvalue weighted by atomic mass is 16.5. The molecule has 1 heterocycles. The molecule has 4 nitrogen and oxygen atoms in total. The molecule has 1 aliphatic heterocycles. The molecule has 4 atom stereocenters. The predicted molar refractivity (Wildman–Crippen MR) is 39.4 cm³/mol. The van der Waals surface area contributed by atoms with Crippen molar-refractivity contribution in [1.29, 1.82) is 0 Å². The Bertz CT molecular complexity index is 203. The molecule has 0 radical (unpaired) electrons. The Kier molecular flexibility index (Phi) is 1.81. The second-order valence-electron chi connectivity index (χ2n) is 3.22. The summed E-state index contributed by atoms with van der Waals surface area (Å²) in [7, 11) is 0. The highest BCUT2D eigenvalue weighted by Gasteiger charge is 2.64. The van der Waals surface area contributed by atoms with Crippen molar-refractivity contribution in [2.75, 3.05) is 13.2 Å². The number of carbonyl (C=O) groups is 1. The Morgan fingerprint density at radius 2 is 2.50 bits per heavy atom. The van der Waals surface area contributed by atoms with Gasteiger partial charge in [-0.05, 0) is 6.92 Å². The van der Waals surface area contributed by atoms with Crippen LogP contribution in [0.25, 0.3) is 0 Å². The Balaban J connectivity index is 1.90. The normalized spacial score (nSPS) is 43.8. The van der Waals surface area contributed by atoms with Crippen LogP contribution in [0.3, 0.4) is 0 Å². The summed E-state index contributed by atoms with van der Waals surface area (Å²) in [6.07, 6.45) is -0.538. The first-order chi connectivity index (χ1) is 5.75. The first kappa shape index (κ1) is 8.01. The van der Waals surface area contributed by atoms with Crippen molar-refractivity contribution in [3.05, 3.63) is 0 Å². The molecule has 0 amide bonds.